The van der Waals surface area contributed by atoms with Gasteiger partial charge in [0.05, 0.1) is 13.0 Å². The summed E-state index contributed by atoms with van der Waals surface area (Å²) in [5.41, 5.74) is 3.52. The maximum absolute atomic E-state index is 12.0. The Morgan fingerprint density at radius 3 is 2.56 bits per heavy atom. The van der Waals surface area contributed by atoms with Crippen LogP contribution in [0.3, 0.4) is 0 Å². The van der Waals surface area contributed by atoms with Crippen LogP contribution in [0.1, 0.15) is 29.5 Å². The molecule has 0 saturated heterocycles. The molecule has 5 nitrogen and oxygen atoms in total. The molecule has 132 valence electrons. The third kappa shape index (κ3) is 5.95. The number of carboxylic acids is 1. The van der Waals surface area contributed by atoms with Gasteiger partial charge < -0.3 is 15.2 Å². The molecule has 0 aliphatic carbocycles. The number of para-hydroxylation sites is 1. The molecule has 0 heterocycles. The quantitative estimate of drug-likeness (QED) is 0.717. The average Bonchev–Trinajstić information content (AvgIpc) is 2.56. The summed E-state index contributed by atoms with van der Waals surface area (Å²) in [7, 11) is 0. The van der Waals surface area contributed by atoms with Crippen LogP contribution in [0.5, 0.6) is 5.75 Å². The predicted molar refractivity (Wildman–Crippen MR) is 97.1 cm³/mol. The summed E-state index contributed by atoms with van der Waals surface area (Å²) in [6.07, 6.45) is 0.776. The highest BCUT2D eigenvalue weighted by Crippen LogP contribution is 2.18. The summed E-state index contributed by atoms with van der Waals surface area (Å²) in [6, 6.07) is 12.8. The lowest BCUT2D eigenvalue weighted by molar-refractivity contribution is -0.136. The van der Waals surface area contributed by atoms with Crippen LogP contribution < -0.4 is 10.1 Å². The number of aryl methyl sites for hydroxylation is 2. The molecule has 2 N–H and O–H groups in total. The summed E-state index contributed by atoms with van der Waals surface area (Å²) < 4.78 is 5.66. The highest BCUT2D eigenvalue weighted by Gasteiger charge is 2.09. The van der Waals surface area contributed by atoms with E-state index in [1.807, 2.05) is 32.0 Å². The lowest BCUT2D eigenvalue weighted by Gasteiger charge is -2.10. The average molecular weight is 341 g/mol. The first kappa shape index (κ1) is 18.5. The van der Waals surface area contributed by atoms with E-state index in [2.05, 4.69) is 5.32 Å². The fourth-order valence-electron chi connectivity index (χ4n) is 2.40. The Morgan fingerprint density at radius 2 is 1.84 bits per heavy atom. The third-order valence-corrected chi connectivity index (χ3v) is 3.93. The van der Waals surface area contributed by atoms with Crippen molar-refractivity contribution in [3.05, 3.63) is 59.2 Å². The number of aliphatic carboxylic acids is 1. The summed E-state index contributed by atoms with van der Waals surface area (Å²) >= 11 is 0. The zero-order valence-electron chi connectivity index (χ0n) is 14.5. The summed E-state index contributed by atoms with van der Waals surface area (Å²) in [5.74, 6) is -0.277. The second-order valence-electron chi connectivity index (χ2n) is 5.97. The lowest BCUT2D eigenvalue weighted by Crippen LogP contribution is -2.15. The summed E-state index contributed by atoms with van der Waals surface area (Å²) in [5, 5.41) is 11.7. The van der Waals surface area contributed by atoms with Crippen molar-refractivity contribution in [2.45, 2.75) is 33.1 Å². The molecule has 2 aromatic rings. The van der Waals surface area contributed by atoms with Crippen molar-refractivity contribution in [3.8, 4) is 5.75 Å². The van der Waals surface area contributed by atoms with Crippen LogP contribution in [-0.4, -0.2) is 23.6 Å². The first-order valence-corrected chi connectivity index (χ1v) is 8.25. The molecule has 0 saturated carbocycles. The SMILES string of the molecule is Cc1ccc(OCCCC(=O)Nc2ccccc2CC(=O)O)cc1C. The van der Waals surface area contributed by atoms with E-state index in [9.17, 15) is 9.59 Å². The van der Waals surface area contributed by atoms with Crippen molar-refractivity contribution in [1.82, 2.24) is 0 Å². The molecule has 1 amide bonds. The molecule has 0 radical (unpaired) electrons. The minimum Gasteiger partial charge on any atom is -0.494 e. The maximum atomic E-state index is 12.0. The smallest absolute Gasteiger partial charge is 0.307 e. The molecule has 0 atom stereocenters. The monoisotopic (exact) mass is 341 g/mol. The summed E-state index contributed by atoms with van der Waals surface area (Å²) in [6.45, 7) is 4.53. The zero-order chi connectivity index (χ0) is 18.2. The van der Waals surface area contributed by atoms with Crippen LogP contribution in [0, 0.1) is 13.8 Å². The van der Waals surface area contributed by atoms with E-state index >= 15 is 0 Å². The number of carbonyl (C=O) groups is 2. The molecule has 2 aromatic carbocycles. The van der Waals surface area contributed by atoms with Gasteiger partial charge in [-0.1, -0.05) is 24.3 Å². The minimum atomic E-state index is -0.927. The van der Waals surface area contributed by atoms with Crippen molar-refractivity contribution in [1.29, 1.82) is 0 Å². The number of carboxylic acid groups (broad SMARTS) is 1. The standard InChI is InChI=1S/C20H23NO4/c1-14-9-10-17(12-15(14)2)25-11-5-8-19(22)21-18-7-4-3-6-16(18)13-20(23)24/h3-4,6-7,9-10,12H,5,8,11,13H2,1-2H3,(H,21,22)(H,23,24). The van der Waals surface area contributed by atoms with E-state index in [1.165, 1.54) is 11.1 Å². The summed E-state index contributed by atoms with van der Waals surface area (Å²) in [4.78, 5) is 22.9. The van der Waals surface area contributed by atoms with Crippen molar-refractivity contribution in [3.63, 3.8) is 0 Å². The van der Waals surface area contributed by atoms with E-state index in [1.54, 1.807) is 24.3 Å². The van der Waals surface area contributed by atoms with Gasteiger partial charge in [-0.2, -0.15) is 0 Å². The van der Waals surface area contributed by atoms with Gasteiger partial charge in [-0.25, -0.2) is 0 Å². The molecule has 0 bridgehead atoms. The molecule has 0 fully saturated rings. The van der Waals surface area contributed by atoms with Crippen molar-refractivity contribution >= 4 is 17.6 Å². The predicted octanol–water partition coefficient (Wildman–Crippen LogP) is 3.73. The second kappa shape index (κ2) is 8.87. The Balaban J connectivity index is 1.79. The molecular formula is C20H23NO4. The van der Waals surface area contributed by atoms with Gasteiger partial charge in [0.25, 0.3) is 0 Å². The van der Waals surface area contributed by atoms with Crippen LogP contribution in [0.25, 0.3) is 0 Å². The Bertz CT molecular complexity index is 755. The van der Waals surface area contributed by atoms with Gasteiger partial charge in [-0.15, -0.1) is 0 Å². The number of rotatable bonds is 8. The first-order chi connectivity index (χ1) is 12.0. The highest BCUT2D eigenvalue weighted by molar-refractivity contribution is 5.92. The van der Waals surface area contributed by atoms with Gasteiger partial charge in [0.1, 0.15) is 5.75 Å². The van der Waals surface area contributed by atoms with Gasteiger partial charge in [-0.05, 0) is 55.2 Å². The Hall–Kier alpha value is -2.82. The van der Waals surface area contributed by atoms with Crippen LogP contribution in [-0.2, 0) is 16.0 Å². The molecule has 0 aromatic heterocycles. The second-order valence-corrected chi connectivity index (χ2v) is 5.97. The van der Waals surface area contributed by atoms with Crippen molar-refractivity contribution in [2.75, 3.05) is 11.9 Å². The van der Waals surface area contributed by atoms with Gasteiger partial charge in [0.15, 0.2) is 0 Å². The molecule has 5 heteroatoms. The molecule has 0 aliphatic heterocycles. The van der Waals surface area contributed by atoms with Gasteiger partial charge >= 0.3 is 5.97 Å². The molecular weight excluding hydrogens is 318 g/mol. The topological polar surface area (TPSA) is 75.6 Å². The number of benzene rings is 2. The molecule has 25 heavy (non-hydrogen) atoms. The lowest BCUT2D eigenvalue weighted by atomic mass is 10.1. The Labute approximate surface area is 147 Å². The van der Waals surface area contributed by atoms with E-state index in [0.717, 1.165) is 5.75 Å². The highest BCUT2D eigenvalue weighted by atomic mass is 16.5. The molecule has 2 rings (SSSR count). The fourth-order valence-corrected chi connectivity index (χ4v) is 2.40. The minimum absolute atomic E-state index is 0.119. The van der Waals surface area contributed by atoms with Crippen molar-refractivity contribution < 1.29 is 19.4 Å². The largest absolute Gasteiger partial charge is 0.494 e. The number of ether oxygens (including phenoxy) is 1. The number of anilines is 1. The van der Waals surface area contributed by atoms with Crippen LogP contribution in [0.2, 0.25) is 0 Å². The van der Waals surface area contributed by atoms with E-state index in [-0.39, 0.29) is 12.3 Å². The Morgan fingerprint density at radius 1 is 1.08 bits per heavy atom. The van der Waals surface area contributed by atoms with Crippen LogP contribution in [0.4, 0.5) is 5.69 Å². The molecule has 0 aliphatic rings. The molecule has 0 spiro atoms. The number of amides is 1. The zero-order valence-corrected chi connectivity index (χ0v) is 14.5. The normalized spacial score (nSPS) is 10.3. The molecule has 0 unspecified atom stereocenters. The Kier molecular flexibility index (Phi) is 6.57. The van der Waals surface area contributed by atoms with Gasteiger partial charge in [0.2, 0.25) is 5.91 Å². The number of carbonyl (C=O) groups excluding carboxylic acids is 1. The van der Waals surface area contributed by atoms with Gasteiger partial charge in [0, 0.05) is 12.1 Å². The third-order valence-electron chi connectivity index (χ3n) is 3.93. The maximum Gasteiger partial charge on any atom is 0.307 e. The van der Waals surface area contributed by atoms with E-state index in [0.29, 0.717) is 30.7 Å². The first-order valence-electron chi connectivity index (χ1n) is 8.25. The van der Waals surface area contributed by atoms with Gasteiger partial charge in [-0.3, -0.25) is 9.59 Å². The number of hydrogen-bond donors (Lipinski definition) is 2. The van der Waals surface area contributed by atoms with Crippen molar-refractivity contribution in [2.24, 2.45) is 0 Å². The van der Waals surface area contributed by atoms with E-state index < -0.39 is 5.97 Å². The fraction of sp³-hybridized carbons (Fsp3) is 0.300. The number of hydrogen-bond acceptors (Lipinski definition) is 3. The van der Waals surface area contributed by atoms with Crippen LogP contribution in [0.15, 0.2) is 42.5 Å². The van der Waals surface area contributed by atoms with Crippen LogP contribution >= 0.6 is 0 Å². The number of nitrogens with one attached hydrogen (secondary N) is 1. The van der Waals surface area contributed by atoms with E-state index in [4.69, 9.17) is 9.84 Å².